The van der Waals surface area contributed by atoms with Gasteiger partial charge in [-0.1, -0.05) is 87.5 Å². The van der Waals surface area contributed by atoms with Crippen LogP contribution in [-0.4, -0.2) is 23.3 Å². The van der Waals surface area contributed by atoms with Crippen molar-refractivity contribution in [1.82, 2.24) is 9.99 Å². The quantitative estimate of drug-likeness (QED) is 0.305. The second-order valence-electron chi connectivity index (χ2n) is 9.04. The Kier molecular flexibility index (Phi) is 6.59. The van der Waals surface area contributed by atoms with Crippen LogP contribution >= 0.6 is 0 Å². The van der Waals surface area contributed by atoms with Crippen LogP contribution < -0.4 is 10.2 Å². The highest BCUT2D eigenvalue weighted by Gasteiger charge is 2.18. The third-order valence-electron chi connectivity index (χ3n) is 5.46. The predicted octanol–water partition coefficient (Wildman–Crippen LogP) is 5.52. The zero-order chi connectivity index (χ0) is 23.3. The highest BCUT2D eigenvalue weighted by atomic mass is 16.5. The molecule has 1 aromatic heterocycles. The summed E-state index contributed by atoms with van der Waals surface area (Å²) < 4.78 is 7.97. The molecule has 4 aromatic rings. The molecule has 1 heterocycles. The number of carbonyl (C=O) groups is 1. The number of carbonyl (C=O) groups excluding carboxylic acids is 1. The molecule has 0 atom stereocenters. The van der Waals surface area contributed by atoms with Crippen LogP contribution in [0.25, 0.3) is 10.9 Å². The van der Waals surface area contributed by atoms with Crippen LogP contribution in [0.4, 0.5) is 0 Å². The van der Waals surface area contributed by atoms with Gasteiger partial charge in [-0.3, -0.25) is 4.79 Å². The van der Waals surface area contributed by atoms with E-state index >= 15 is 0 Å². The van der Waals surface area contributed by atoms with Crippen LogP contribution in [0, 0.1) is 0 Å². The SMILES string of the molecule is CC(C)(C)c1ccccc1OCC(=O)N/N=C/c1cn(Cc2ccccc2)c2ccccc12. The molecule has 4 rings (SSSR count). The van der Waals surface area contributed by atoms with Crippen molar-refractivity contribution in [2.24, 2.45) is 5.10 Å². The van der Waals surface area contributed by atoms with Gasteiger partial charge in [0.05, 0.1) is 6.21 Å². The summed E-state index contributed by atoms with van der Waals surface area (Å²) in [6.45, 7) is 7.03. The molecule has 0 bridgehead atoms. The number of fused-ring (bicyclic) bond motifs is 1. The number of para-hydroxylation sites is 2. The van der Waals surface area contributed by atoms with E-state index in [2.05, 4.69) is 66.3 Å². The van der Waals surface area contributed by atoms with Gasteiger partial charge in [-0.2, -0.15) is 5.10 Å². The number of nitrogens with one attached hydrogen (secondary N) is 1. The van der Waals surface area contributed by atoms with Crippen molar-refractivity contribution in [2.45, 2.75) is 32.7 Å². The first-order valence-corrected chi connectivity index (χ1v) is 11.1. The summed E-state index contributed by atoms with van der Waals surface area (Å²) in [5, 5.41) is 5.26. The summed E-state index contributed by atoms with van der Waals surface area (Å²) in [5.41, 5.74) is 6.86. The maximum absolute atomic E-state index is 12.3. The number of hydrogen-bond donors (Lipinski definition) is 1. The van der Waals surface area contributed by atoms with E-state index in [1.165, 1.54) is 5.56 Å². The molecule has 0 aliphatic rings. The summed E-state index contributed by atoms with van der Waals surface area (Å²) in [4.78, 5) is 12.3. The lowest BCUT2D eigenvalue weighted by molar-refractivity contribution is -0.123. The van der Waals surface area contributed by atoms with Crippen molar-refractivity contribution in [1.29, 1.82) is 0 Å². The van der Waals surface area contributed by atoms with Gasteiger partial charge >= 0.3 is 0 Å². The normalized spacial score (nSPS) is 11.7. The fourth-order valence-electron chi connectivity index (χ4n) is 3.85. The molecule has 0 aliphatic heterocycles. The molecular formula is C28H29N3O2. The summed E-state index contributed by atoms with van der Waals surface area (Å²) in [5.74, 6) is 0.413. The van der Waals surface area contributed by atoms with E-state index in [1.54, 1.807) is 6.21 Å². The van der Waals surface area contributed by atoms with Crippen molar-refractivity contribution in [3.05, 3.63) is 102 Å². The Balaban J connectivity index is 1.43. The first kappa shape index (κ1) is 22.3. The van der Waals surface area contributed by atoms with E-state index in [9.17, 15) is 4.79 Å². The van der Waals surface area contributed by atoms with E-state index in [0.29, 0.717) is 5.75 Å². The van der Waals surface area contributed by atoms with E-state index < -0.39 is 0 Å². The third-order valence-corrected chi connectivity index (χ3v) is 5.46. The molecule has 0 saturated carbocycles. The highest BCUT2D eigenvalue weighted by Crippen LogP contribution is 2.30. The van der Waals surface area contributed by atoms with Gasteiger partial charge in [0.2, 0.25) is 0 Å². The van der Waals surface area contributed by atoms with E-state index in [0.717, 1.165) is 28.6 Å². The lowest BCUT2D eigenvalue weighted by Crippen LogP contribution is -2.25. The summed E-state index contributed by atoms with van der Waals surface area (Å²) in [7, 11) is 0. The Morgan fingerprint density at radius 3 is 2.45 bits per heavy atom. The molecule has 1 N–H and O–H groups in total. The number of aromatic nitrogens is 1. The number of benzene rings is 3. The average molecular weight is 440 g/mol. The lowest BCUT2D eigenvalue weighted by atomic mass is 9.86. The number of ether oxygens (including phenoxy) is 1. The van der Waals surface area contributed by atoms with Crippen LogP contribution in [0.1, 0.15) is 37.5 Å². The van der Waals surface area contributed by atoms with Crippen molar-refractivity contribution >= 4 is 23.0 Å². The van der Waals surface area contributed by atoms with Gasteiger partial charge in [-0.15, -0.1) is 0 Å². The third kappa shape index (κ3) is 5.50. The molecule has 0 saturated heterocycles. The first-order valence-electron chi connectivity index (χ1n) is 11.1. The molecule has 0 radical (unpaired) electrons. The van der Waals surface area contributed by atoms with Gasteiger partial charge in [-0.05, 0) is 28.7 Å². The van der Waals surface area contributed by atoms with E-state index in [1.807, 2.05) is 54.6 Å². The molecule has 5 heteroatoms. The molecule has 1 amide bonds. The maximum atomic E-state index is 12.3. The number of rotatable bonds is 7. The smallest absolute Gasteiger partial charge is 0.277 e. The fourth-order valence-corrected chi connectivity index (χ4v) is 3.85. The number of nitrogens with zero attached hydrogens (tertiary/aromatic N) is 2. The Morgan fingerprint density at radius 1 is 0.970 bits per heavy atom. The standard InChI is InChI=1S/C28H29N3O2/c1-28(2,3)24-14-8-10-16-26(24)33-20-27(32)30-29-17-22-19-31(18-21-11-5-4-6-12-21)25-15-9-7-13-23(22)25/h4-17,19H,18,20H2,1-3H3,(H,30,32)/b29-17+. The molecule has 0 fully saturated rings. The summed E-state index contributed by atoms with van der Waals surface area (Å²) in [6.07, 6.45) is 3.74. The Bertz CT molecular complexity index is 1270. The van der Waals surface area contributed by atoms with Crippen molar-refractivity contribution in [3.8, 4) is 5.75 Å². The predicted molar refractivity (Wildman–Crippen MR) is 134 cm³/mol. The molecule has 5 nitrogen and oxygen atoms in total. The van der Waals surface area contributed by atoms with Crippen LogP contribution in [0.3, 0.4) is 0 Å². The van der Waals surface area contributed by atoms with Crippen molar-refractivity contribution in [3.63, 3.8) is 0 Å². The second-order valence-corrected chi connectivity index (χ2v) is 9.04. The molecule has 168 valence electrons. The number of hydrazone groups is 1. The Morgan fingerprint density at radius 2 is 1.67 bits per heavy atom. The Hall–Kier alpha value is -3.86. The zero-order valence-corrected chi connectivity index (χ0v) is 19.3. The van der Waals surface area contributed by atoms with Gasteiger partial charge in [-0.25, -0.2) is 5.43 Å². The fraction of sp³-hybridized carbons (Fsp3) is 0.214. The Labute approximate surface area is 194 Å². The van der Waals surface area contributed by atoms with Crippen molar-refractivity contribution < 1.29 is 9.53 Å². The summed E-state index contributed by atoms with van der Waals surface area (Å²) in [6, 6.07) is 26.3. The van der Waals surface area contributed by atoms with Gasteiger partial charge in [0.1, 0.15) is 5.75 Å². The number of amides is 1. The largest absolute Gasteiger partial charge is 0.483 e. The molecule has 33 heavy (non-hydrogen) atoms. The summed E-state index contributed by atoms with van der Waals surface area (Å²) >= 11 is 0. The van der Waals surface area contributed by atoms with E-state index in [-0.39, 0.29) is 17.9 Å². The van der Waals surface area contributed by atoms with Gasteiger partial charge in [0.15, 0.2) is 6.61 Å². The zero-order valence-electron chi connectivity index (χ0n) is 19.3. The minimum atomic E-state index is -0.303. The van der Waals surface area contributed by atoms with E-state index in [4.69, 9.17) is 4.74 Å². The van der Waals surface area contributed by atoms with Crippen LogP contribution in [0.5, 0.6) is 5.75 Å². The molecule has 0 spiro atoms. The lowest BCUT2D eigenvalue weighted by Gasteiger charge is -2.22. The average Bonchev–Trinajstić information content (AvgIpc) is 3.15. The first-order chi connectivity index (χ1) is 15.9. The maximum Gasteiger partial charge on any atom is 0.277 e. The van der Waals surface area contributed by atoms with Crippen LogP contribution in [0.2, 0.25) is 0 Å². The van der Waals surface area contributed by atoms with Crippen LogP contribution in [-0.2, 0) is 16.8 Å². The highest BCUT2D eigenvalue weighted by molar-refractivity contribution is 5.99. The molecule has 3 aromatic carbocycles. The van der Waals surface area contributed by atoms with Crippen molar-refractivity contribution in [2.75, 3.05) is 6.61 Å². The monoisotopic (exact) mass is 439 g/mol. The topological polar surface area (TPSA) is 55.6 Å². The molecular weight excluding hydrogens is 410 g/mol. The minimum Gasteiger partial charge on any atom is -0.483 e. The molecule has 0 aliphatic carbocycles. The van der Waals surface area contributed by atoms with Gasteiger partial charge in [0.25, 0.3) is 5.91 Å². The van der Waals surface area contributed by atoms with Gasteiger partial charge in [0, 0.05) is 29.2 Å². The van der Waals surface area contributed by atoms with Crippen LogP contribution in [0.15, 0.2) is 90.2 Å². The number of hydrogen-bond acceptors (Lipinski definition) is 3. The minimum absolute atomic E-state index is 0.0703. The van der Waals surface area contributed by atoms with Gasteiger partial charge < -0.3 is 9.30 Å². The second kappa shape index (κ2) is 9.74. The molecule has 0 unspecified atom stereocenters.